The van der Waals surface area contributed by atoms with Crippen LogP contribution in [0.4, 0.5) is 5.82 Å². The smallest absolute Gasteiger partial charge is 0.131 e. The molecule has 1 N–H and O–H groups in total. The molecule has 0 atom stereocenters. The molecule has 4 heteroatoms. The lowest BCUT2D eigenvalue weighted by atomic mass is 10.2. The summed E-state index contributed by atoms with van der Waals surface area (Å²) in [5.74, 6) is 1.84. The largest absolute Gasteiger partial charge is 0.385 e. The molecule has 0 saturated heterocycles. The molecule has 0 spiro atoms. The SMILES string of the molecule is CCNc1cc(CC)nc(CCCOC)n1. The molecule has 0 aliphatic rings. The first-order valence-electron chi connectivity index (χ1n) is 5.89. The van der Waals surface area contributed by atoms with Gasteiger partial charge in [0.1, 0.15) is 11.6 Å². The molecule has 0 aliphatic carbocycles. The third-order valence-electron chi connectivity index (χ3n) is 2.29. The summed E-state index contributed by atoms with van der Waals surface area (Å²) in [6.45, 7) is 5.82. The second kappa shape index (κ2) is 7.17. The summed E-state index contributed by atoms with van der Waals surface area (Å²) in [5, 5.41) is 3.23. The van der Waals surface area contributed by atoms with E-state index in [0.29, 0.717) is 0 Å². The Bertz CT molecular complexity index is 315. The van der Waals surface area contributed by atoms with Crippen molar-refractivity contribution in [3.05, 3.63) is 17.6 Å². The molecule has 0 saturated carbocycles. The predicted octanol–water partition coefficient (Wildman–Crippen LogP) is 2.05. The Morgan fingerprint density at radius 2 is 2.12 bits per heavy atom. The van der Waals surface area contributed by atoms with Crippen molar-refractivity contribution in [2.75, 3.05) is 25.6 Å². The summed E-state index contributed by atoms with van der Waals surface area (Å²) in [6, 6.07) is 2.02. The van der Waals surface area contributed by atoms with Gasteiger partial charge < -0.3 is 10.1 Å². The lowest BCUT2D eigenvalue weighted by Crippen LogP contribution is -2.06. The Hall–Kier alpha value is -1.16. The molecule has 0 amide bonds. The minimum Gasteiger partial charge on any atom is -0.385 e. The lowest BCUT2D eigenvalue weighted by Gasteiger charge is -2.07. The number of rotatable bonds is 7. The normalized spacial score (nSPS) is 10.4. The number of hydrogen-bond acceptors (Lipinski definition) is 4. The van der Waals surface area contributed by atoms with Crippen LogP contribution in [0.1, 0.15) is 31.8 Å². The second-order valence-electron chi connectivity index (χ2n) is 3.64. The van der Waals surface area contributed by atoms with Gasteiger partial charge in [0.05, 0.1) is 0 Å². The zero-order chi connectivity index (χ0) is 11.8. The molecular formula is C12H21N3O. The summed E-state index contributed by atoms with van der Waals surface area (Å²) < 4.78 is 5.03. The van der Waals surface area contributed by atoms with Gasteiger partial charge in [-0.25, -0.2) is 9.97 Å². The number of nitrogens with zero attached hydrogens (tertiary/aromatic N) is 2. The van der Waals surface area contributed by atoms with E-state index < -0.39 is 0 Å². The van der Waals surface area contributed by atoms with Crippen molar-refractivity contribution in [3.8, 4) is 0 Å². The van der Waals surface area contributed by atoms with E-state index in [1.54, 1.807) is 7.11 Å². The van der Waals surface area contributed by atoms with Gasteiger partial charge in [0, 0.05) is 38.4 Å². The third kappa shape index (κ3) is 4.14. The monoisotopic (exact) mass is 223 g/mol. The van der Waals surface area contributed by atoms with E-state index in [9.17, 15) is 0 Å². The van der Waals surface area contributed by atoms with Crippen molar-refractivity contribution >= 4 is 5.82 Å². The van der Waals surface area contributed by atoms with Crippen LogP contribution >= 0.6 is 0 Å². The van der Waals surface area contributed by atoms with Gasteiger partial charge in [0.15, 0.2) is 0 Å². The van der Waals surface area contributed by atoms with Crippen LogP contribution in [0.25, 0.3) is 0 Å². The van der Waals surface area contributed by atoms with Crippen LogP contribution in [0, 0.1) is 0 Å². The van der Waals surface area contributed by atoms with Gasteiger partial charge >= 0.3 is 0 Å². The first-order valence-corrected chi connectivity index (χ1v) is 5.89. The van der Waals surface area contributed by atoms with E-state index in [4.69, 9.17) is 4.74 Å². The average molecular weight is 223 g/mol. The quantitative estimate of drug-likeness (QED) is 0.719. The molecule has 1 heterocycles. The third-order valence-corrected chi connectivity index (χ3v) is 2.29. The topological polar surface area (TPSA) is 47.0 Å². The number of aryl methyl sites for hydroxylation is 2. The maximum absolute atomic E-state index is 5.03. The summed E-state index contributed by atoms with van der Waals surface area (Å²) in [4.78, 5) is 8.96. The van der Waals surface area contributed by atoms with E-state index in [-0.39, 0.29) is 0 Å². The number of methoxy groups -OCH3 is 1. The Morgan fingerprint density at radius 3 is 2.75 bits per heavy atom. The molecule has 0 unspecified atom stereocenters. The van der Waals surface area contributed by atoms with Crippen molar-refractivity contribution in [2.45, 2.75) is 33.1 Å². The van der Waals surface area contributed by atoms with Crippen molar-refractivity contribution in [1.29, 1.82) is 0 Å². The summed E-state index contributed by atoms with van der Waals surface area (Å²) >= 11 is 0. The minimum atomic E-state index is 0.760. The molecule has 90 valence electrons. The summed E-state index contributed by atoms with van der Waals surface area (Å²) in [7, 11) is 1.72. The van der Waals surface area contributed by atoms with E-state index in [1.807, 2.05) is 6.07 Å². The molecule has 0 aromatic carbocycles. The highest BCUT2D eigenvalue weighted by atomic mass is 16.5. The molecule has 0 fully saturated rings. The highest BCUT2D eigenvalue weighted by Gasteiger charge is 2.03. The fraction of sp³-hybridized carbons (Fsp3) is 0.667. The average Bonchev–Trinajstić information content (AvgIpc) is 2.29. The standard InChI is InChI=1S/C12H21N3O/c1-4-10-9-12(13-5-2)15-11(14-10)7-6-8-16-3/h9H,4-8H2,1-3H3,(H,13,14,15). The molecule has 1 aromatic heterocycles. The van der Waals surface area contributed by atoms with E-state index >= 15 is 0 Å². The molecule has 0 aliphatic heterocycles. The number of hydrogen-bond donors (Lipinski definition) is 1. The van der Waals surface area contributed by atoms with E-state index in [1.165, 1.54) is 0 Å². The first kappa shape index (κ1) is 12.9. The highest BCUT2D eigenvalue weighted by Crippen LogP contribution is 2.08. The van der Waals surface area contributed by atoms with Crippen molar-refractivity contribution in [3.63, 3.8) is 0 Å². The van der Waals surface area contributed by atoms with Crippen molar-refractivity contribution < 1.29 is 4.74 Å². The van der Waals surface area contributed by atoms with Crippen molar-refractivity contribution in [2.24, 2.45) is 0 Å². The van der Waals surface area contributed by atoms with E-state index in [2.05, 4.69) is 29.1 Å². The number of nitrogens with one attached hydrogen (secondary N) is 1. The molecule has 0 radical (unpaired) electrons. The van der Waals surface area contributed by atoms with Crippen molar-refractivity contribution in [1.82, 2.24) is 9.97 Å². The van der Waals surface area contributed by atoms with Gasteiger partial charge in [-0.3, -0.25) is 0 Å². The zero-order valence-electron chi connectivity index (χ0n) is 10.4. The van der Waals surface area contributed by atoms with Crippen LogP contribution in [0.5, 0.6) is 0 Å². The number of anilines is 1. The fourth-order valence-electron chi connectivity index (χ4n) is 1.49. The number of aromatic nitrogens is 2. The molecule has 4 nitrogen and oxygen atoms in total. The first-order chi connectivity index (χ1) is 7.80. The van der Waals surface area contributed by atoms with Gasteiger partial charge in [0.2, 0.25) is 0 Å². The Labute approximate surface area is 97.5 Å². The van der Waals surface area contributed by atoms with E-state index in [0.717, 1.165) is 49.8 Å². The second-order valence-corrected chi connectivity index (χ2v) is 3.64. The Balaban J connectivity index is 2.69. The Kier molecular flexibility index (Phi) is 5.78. The van der Waals surface area contributed by atoms with Crippen LogP contribution in [-0.4, -0.2) is 30.2 Å². The van der Waals surface area contributed by atoms with Crippen LogP contribution in [0.2, 0.25) is 0 Å². The van der Waals surface area contributed by atoms with Crippen LogP contribution in [0.15, 0.2) is 6.07 Å². The molecular weight excluding hydrogens is 202 g/mol. The van der Waals surface area contributed by atoms with Crippen LogP contribution in [0.3, 0.4) is 0 Å². The summed E-state index contributed by atoms with van der Waals surface area (Å²) in [5.41, 5.74) is 1.10. The van der Waals surface area contributed by atoms with Gasteiger partial charge in [-0.05, 0) is 19.8 Å². The van der Waals surface area contributed by atoms with Crippen LogP contribution in [-0.2, 0) is 17.6 Å². The number of ether oxygens (including phenoxy) is 1. The Morgan fingerprint density at radius 1 is 1.31 bits per heavy atom. The van der Waals surface area contributed by atoms with Crippen LogP contribution < -0.4 is 5.32 Å². The van der Waals surface area contributed by atoms with Gasteiger partial charge in [0.25, 0.3) is 0 Å². The molecule has 0 bridgehead atoms. The molecule has 1 aromatic rings. The summed E-state index contributed by atoms with van der Waals surface area (Å²) in [6.07, 6.45) is 2.79. The lowest BCUT2D eigenvalue weighted by molar-refractivity contribution is 0.194. The zero-order valence-corrected chi connectivity index (χ0v) is 10.4. The molecule has 16 heavy (non-hydrogen) atoms. The fourth-order valence-corrected chi connectivity index (χ4v) is 1.49. The van der Waals surface area contributed by atoms with Gasteiger partial charge in [-0.2, -0.15) is 0 Å². The maximum Gasteiger partial charge on any atom is 0.131 e. The minimum absolute atomic E-state index is 0.760. The predicted molar refractivity (Wildman–Crippen MR) is 65.8 cm³/mol. The van der Waals surface area contributed by atoms with Gasteiger partial charge in [-0.1, -0.05) is 6.92 Å². The molecule has 1 rings (SSSR count). The highest BCUT2D eigenvalue weighted by molar-refractivity contribution is 5.35. The van der Waals surface area contributed by atoms with Gasteiger partial charge in [-0.15, -0.1) is 0 Å². The maximum atomic E-state index is 5.03.